The number of hydrogen-bond donors (Lipinski definition) is 1. The van der Waals surface area contributed by atoms with E-state index in [-0.39, 0.29) is 42.8 Å². The van der Waals surface area contributed by atoms with Gasteiger partial charge in [0.2, 0.25) is 11.8 Å². The number of aryl methyl sites for hydroxylation is 1. The van der Waals surface area contributed by atoms with Crippen LogP contribution in [0.5, 0.6) is 0 Å². The van der Waals surface area contributed by atoms with Crippen LogP contribution in [0.2, 0.25) is 0 Å². The summed E-state index contributed by atoms with van der Waals surface area (Å²) in [6.07, 6.45) is 8.59. The number of hydrogen-bond acceptors (Lipinski definition) is 10. The van der Waals surface area contributed by atoms with Crippen LogP contribution < -0.4 is 15.1 Å². The second kappa shape index (κ2) is 11.2. The highest BCUT2D eigenvalue weighted by molar-refractivity contribution is 6.13. The lowest BCUT2D eigenvalue weighted by molar-refractivity contribution is -0.124. The fourth-order valence-corrected chi connectivity index (χ4v) is 5.75. The van der Waals surface area contributed by atoms with E-state index in [1.807, 2.05) is 41.6 Å². The average molecular weight is 611 g/mol. The highest BCUT2D eigenvalue weighted by atomic mass is 16.5. The van der Waals surface area contributed by atoms with Crippen LogP contribution in [-0.2, 0) is 27.5 Å². The van der Waals surface area contributed by atoms with Crippen LogP contribution in [0.25, 0.3) is 5.65 Å². The summed E-state index contributed by atoms with van der Waals surface area (Å²) in [6, 6.07) is 5.20. The number of pyridine rings is 1. The van der Waals surface area contributed by atoms with Gasteiger partial charge in [-0.15, -0.1) is 0 Å². The number of fused-ring (bicyclic) bond motifs is 1. The molecule has 0 bridgehead atoms. The van der Waals surface area contributed by atoms with Gasteiger partial charge in [-0.1, -0.05) is 0 Å². The number of nitrogens with one attached hydrogen (secondary N) is 1. The maximum atomic E-state index is 13.1. The zero-order valence-electron chi connectivity index (χ0n) is 25.6. The molecule has 14 nitrogen and oxygen atoms in total. The van der Waals surface area contributed by atoms with Crippen LogP contribution in [0.15, 0.2) is 36.8 Å². The number of methoxy groups -OCH3 is 1. The summed E-state index contributed by atoms with van der Waals surface area (Å²) in [4.78, 5) is 65.8. The number of amides is 4. The van der Waals surface area contributed by atoms with Crippen LogP contribution in [0.1, 0.15) is 59.7 Å². The van der Waals surface area contributed by atoms with Gasteiger partial charge in [0.15, 0.2) is 11.5 Å². The Morgan fingerprint density at radius 1 is 1.13 bits per heavy atom. The molecular formula is C31H34N10O4. The number of anilines is 3. The molecule has 2 saturated carbocycles. The molecule has 3 aliphatic rings. The van der Waals surface area contributed by atoms with Crippen molar-refractivity contribution in [2.24, 2.45) is 5.92 Å². The first kappa shape index (κ1) is 28.8. The van der Waals surface area contributed by atoms with Crippen LogP contribution in [0.4, 0.5) is 22.1 Å². The Morgan fingerprint density at radius 3 is 2.67 bits per heavy atom. The summed E-state index contributed by atoms with van der Waals surface area (Å²) in [5.41, 5.74) is 3.97. The lowest BCUT2D eigenvalue weighted by atomic mass is 10.1. The molecule has 1 aliphatic heterocycles. The molecule has 4 amide bonds. The zero-order chi connectivity index (χ0) is 31.4. The Bertz CT molecular complexity index is 1840. The minimum atomic E-state index is -0.360. The van der Waals surface area contributed by atoms with E-state index >= 15 is 0 Å². The van der Waals surface area contributed by atoms with Gasteiger partial charge in [-0.2, -0.15) is 0 Å². The van der Waals surface area contributed by atoms with Crippen LogP contribution in [0.3, 0.4) is 0 Å². The Labute approximate surface area is 259 Å². The lowest BCUT2D eigenvalue weighted by Crippen LogP contribution is -2.30. The van der Waals surface area contributed by atoms with Gasteiger partial charge in [0.1, 0.15) is 30.6 Å². The molecule has 0 aromatic carbocycles. The predicted molar refractivity (Wildman–Crippen MR) is 164 cm³/mol. The molecule has 1 N–H and O–H groups in total. The smallest absolute Gasteiger partial charge is 0.331 e. The third-order valence-electron chi connectivity index (χ3n) is 8.47. The fraction of sp³-hybridized carbons (Fsp3) is 0.419. The monoisotopic (exact) mass is 610 g/mol. The number of ether oxygens (including phenoxy) is 1. The van der Waals surface area contributed by atoms with E-state index in [0.717, 1.165) is 34.7 Å². The molecule has 3 fully saturated rings. The van der Waals surface area contributed by atoms with Crippen molar-refractivity contribution >= 4 is 40.8 Å². The molecule has 0 spiro atoms. The van der Waals surface area contributed by atoms with E-state index in [4.69, 9.17) is 9.72 Å². The van der Waals surface area contributed by atoms with Gasteiger partial charge >= 0.3 is 6.03 Å². The molecule has 45 heavy (non-hydrogen) atoms. The molecule has 2 atom stereocenters. The van der Waals surface area contributed by atoms with Gasteiger partial charge in [-0.3, -0.25) is 19.4 Å². The quantitative estimate of drug-likeness (QED) is 0.265. The molecule has 2 unspecified atom stereocenters. The molecule has 5 heterocycles. The van der Waals surface area contributed by atoms with E-state index in [2.05, 4.69) is 31.4 Å². The van der Waals surface area contributed by atoms with Crippen molar-refractivity contribution in [1.82, 2.24) is 34.2 Å². The van der Waals surface area contributed by atoms with Gasteiger partial charge < -0.3 is 19.4 Å². The van der Waals surface area contributed by atoms with Crippen LogP contribution in [-0.4, -0.2) is 79.8 Å². The fourth-order valence-electron chi connectivity index (χ4n) is 5.75. The number of urea groups is 1. The Kier molecular flexibility index (Phi) is 7.15. The summed E-state index contributed by atoms with van der Waals surface area (Å²) in [5, 5.41) is 2.95. The van der Waals surface area contributed by atoms with Crippen molar-refractivity contribution in [3.05, 3.63) is 65.4 Å². The maximum absolute atomic E-state index is 13.1. The van der Waals surface area contributed by atoms with Gasteiger partial charge in [-0.25, -0.2) is 29.7 Å². The minimum Gasteiger partial charge on any atom is -0.377 e. The Balaban J connectivity index is 1.12. The largest absolute Gasteiger partial charge is 0.377 e. The number of carbonyl (C=O) groups excluding carboxylic acids is 3. The van der Waals surface area contributed by atoms with Crippen LogP contribution >= 0.6 is 0 Å². The standard InChI is InChI=1S/C31H34N10O4/c1-17-7-8-32-28(33-17)21-10-22(21)30(43)37-24-11-26(36-25(35-24)16-45-4)38(2)13-20-14-40-12-19(18-5-6-18)9-23(29(40)34-20)41-15-27(42)39(3)31(41)44/h7-9,11-12,14,18,21-22H,5-6,10,13,15-16H2,1-4H3,(H,35,36,37,43). The SMILES string of the molecule is COCc1nc(NC(=O)C2CC2c2nccc(C)n2)cc(N(C)Cc2cn3cc(C4CC4)cc(N4CC(=O)N(C)C4=O)c3n2)n1. The highest BCUT2D eigenvalue weighted by Crippen LogP contribution is 2.46. The molecule has 4 aromatic rings. The first-order valence-electron chi connectivity index (χ1n) is 15.0. The number of nitrogens with zero attached hydrogens (tertiary/aromatic N) is 9. The maximum Gasteiger partial charge on any atom is 0.331 e. The summed E-state index contributed by atoms with van der Waals surface area (Å²) in [6.45, 7) is 2.45. The predicted octanol–water partition coefficient (Wildman–Crippen LogP) is 3.02. The van der Waals surface area contributed by atoms with E-state index in [1.54, 1.807) is 19.4 Å². The number of likely N-dealkylation sites (N-methyl/N-ethyl adjacent to an activating group) is 1. The van der Waals surface area contributed by atoms with Gasteiger partial charge in [-0.05, 0) is 49.8 Å². The first-order valence-corrected chi connectivity index (χ1v) is 15.0. The number of rotatable bonds is 10. The molecule has 2 aliphatic carbocycles. The molecule has 0 radical (unpaired) electrons. The van der Waals surface area contributed by atoms with Crippen molar-refractivity contribution in [3.8, 4) is 0 Å². The Morgan fingerprint density at radius 2 is 1.96 bits per heavy atom. The molecule has 7 rings (SSSR count). The highest BCUT2D eigenvalue weighted by Gasteiger charge is 2.46. The minimum absolute atomic E-state index is 0.0120. The topological polar surface area (TPSA) is 151 Å². The Hall–Kier alpha value is -4.98. The number of imidazole rings is 1. The van der Waals surface area contributed by atoms with Crippen molar-refractivity contribution in [1.29, 1.82) is 0 Å². The van der Waals surface area contributed by atoms with Crippen molar-refractivity contribution in [3.63, 3.8) is 0 Å². The summed E-state index contributed by atoms with van der Waals surface area (Å²) < 4.78 is 7.24. The van der Waals surface area contributed by atoms with E-state index in [0.29, 0.717) is 53.5 Å². The number of carbonyl (C=O) groups is 3. The molecule has 4 aromatic heterocycles. The summed E-state index contributed by atoms with van der Waals surface area (Å²) in [7, 11) is 4.94. The normalized spacial score (nSPS) is 19.5. The van der Waals surface area contributed by atoms with Crippen LogP contribution in [0, 0.1) is 12.8 Å². The van der Waals surface area contributed by atoms with Gasteiger partial charge in [0.25, 0.3) is 0 Å². The second-order valence-corrected chi connectivity index (χ2v) is 12.0. The van der Waals surface area contributed by atoms with Crippen molar-refractivity contribution in [2.75, 3.05) is 42.9 Å². The third kappa shape index (κ3) is 5.68. The molecular weight excluding hydrogens is 576 g/mol. The van der Waals surface area contributed by atoms with Gasteiger partial charge in [0, 0.05) is 63.4 Å². The molecule has 232 valence electrons. The van der Waals surface area contributed by atoms with Gasteiger partial charge in [0.05, 0.1) is 17.9 Å². The third-order valence-corrected chi connectivity index (χ3v) is 8.47. The van der Waals surface area contributed by atoms with Crippen molar-refractivity contribution in [2.45, 2.75) is 51.2 Å². The second-order valence-electron chi connectivity index (χ2n) is 12.0. The summed E-state index contributed by atoms with van der Waals surface area (Å²) in [5.74, 6) is 1.90. The number of imide groups is 1. The van der Waals surface area contributed by atoms with Crippen molar-refractivity contribution < 1.29 is 19.1 Å². The summed E-state index contributed by atoms with van der Waals surface area (Å²) >= 11 is 0. The molecule has 14 heteroatoms. The average Bonchev–Trinajstić information content (AvgIpc) is 3.94. The zero-order valence-corrected chi connectivity index (χ0v) is 25.6. The lowest BCUT2D eigenvalue weighted by Gasteiger charge is -2.19. The number of aromatic nitrogens is 6. The van der Waals surface area contributed by atoms with E-state index in [1.165, 1.54) is 11.9 Å². The molecule has 1 saturated heterocycles. The first-order chi connectivity index (χ1) is 21.7. The van der Waals surface area contributed by atoms with E-state index < -0.39 is 0 Å². The van der Waals surface area contributed by atoms with E-state index in [9.17, 15) is 14.4 Å².